The van der Waals surface area contributed by atoms with Crippen LogP contribution in [0.3, 0.4) is 0 Å². The number of carbonyl (C=O) groups is 2. The van der Waals surface area contributed by atoms with Crippen LogP contribution in [0.15, 0.2) is 42.6 Å². The van der Waals surface area contributed by atoms with Gasteiger partial charge in [-0.25, -0.2) is 0 Å². The summed E-state index contributed by atoms with van der Waals surface area (Å²) in [7, 11) is 2.00. The van der Waals surface area contributed by atoms with E-state index in [4.69, 9.17) is 0 Å². The third kappa shape index (κ3) is 4.83. The molecule has 2 amide bonds. The van der Waals surface area contributed by atoms with E-state index in [1.165, 1.54) is 5.56 Å². The first kappa shape index (κ1) is 20.2. The van der Waals surface area contributed by atoms with E-state index in [2.05, 4.69) is 6.92 Å². The van der Waals surface area contributed by atoms with E-state index in [0.717, 1.165) is 31.4 Å². The van der Waals surface area contributed by atoms with Crippen molar-refractivity contribution < 1.29 is 9.59 Å². The first-order valence-electron chi connectivity index (χ1n) is 10.3. The van der Waals surface area contributed by atoms with E-state index in [1.54, 1.807) is 4.90 Å². The molecule has 1 heterocycles. The molecule has 0 unspecified atom stereocenters. The van der Waals surface area contributed by atoms with Gasteiger partial charge in [0.1, 0.15) is 6.54 Å². The first-order chi connectivity index (χ1) is 13.5. The lowest BCUT2D eigenvalue weighted by Gasteiger charge is -2.28. The van der Waals surface area contributed by atoms with Crippen LogP contribution in [0.25, 0.3) is 0 Å². The maximum absolute atomic E-state index is 13.1. The molecular weight excluding hydrogens is 350 g/mol. The molecule has 0 radical (unpaired) electrons. The van der Waals surface area contributed by atoms with E-state index in [9.17, 15) is 9.59 Å². The van der Waals surface area contributed by atoms with Crippen molar-refractivity contribution in [2.24, 2.45) is 7.05 Å². The number of aryl methyl sites for hydroxylation is 2. The predicted molar refractivity (Wildman–Crippen MR) is 111 cm³/mol. The van der Waals surface area contributed by atoms with E-state index >= 15 is 0 Å². The normalized spacial score (nSPS) is 13.4. The van der Waals surface area contributed by atoms with Crippen molar-refractivity contribution >= 4 is 11.8 Å². The van der Waals surface area contributed by atoms with Gasteiger partial charge in [-0.3, -0.25) is 9.59 Å². The molecule has 5 heteroatoms. The molecule has 0 aliphatic heterocycles. The van der Waals surface area contributed by atoms with Crippen molar-refractivity contribution in [3.8, 4) is 0 Å². The predicted octanol–water partition coefficient (Wildman–Crippen LogP) is 3.63. The molecule has 5 nitrogen and oxygen atoms in total. The SMILES string of the molecule is CCCN(CC(=O)N(Cc1cccn1C)C1CC1)C(=O)c1ccc(CC)cc1. The Kier molecular flexibility index (Phi) is 6.55. The second-order valence-corrected chi connectivity index (χ2v) is 7.64. The van der Waals surface area contributed by atoms with E-state index in [-0.39, 0.29) is 18.4 Å². The van der Waals surface area contributed by atoms with Crippen molar-refractivity contribution in [1.29, 1.82) is 0 Å². The van der Waals surface area contributed by atoms with Crippen LogP contribution in [0.4, 0.5) is 0 Å². The van der Waals surface area contributed by atoms with Crippen LogP contribution in [0.1, 0.15) is 54.7 Å². The molecule has 1 aromatic carbocycles. The van der Waals surface area contributed by atoms with Gasteiger partial charge in [-0.05, 0) is 55.5 Å². The van der Waals surface area contributed by atoms with Gasteiger partial charge in [-0.15, -0.1) is 0 Å². The molecular formula is C23H31N3O2. The Bertz CT molecular complexity index is 806. The lowest BCUT2D eigenvalue weighted by molar-refractivity contribution is -0.133. The molecule has 1 saturated carbocycles. The molecule has 0 spiro atoms. The van der Waals surface area contributed by atoms with Crippen molar-refractivity contribution in [3.05, 3.63) is 59.4 Å². The lowest BCUT2D eigenvalue weighted by Crippen LogP contribution is -2.44. The number of hydrogen-bond donors (Lipinski definition) is 0. The Morgan fingerprint density at radius 1 is 1.11 bits per heavy atom. The van der Waals surface area contributed by atoms with Gasteiger partial charge in [0.2, 0.25) is 5.91 Å². The summed E-state index contributed by atoms with van der Waals surface area (Å²) in [6.45, 7) is 5.46. The second kappa shape index (κ2) is 9.09. The molecule has 1 aliphatic rings. The van der Waals surface area contributed by atoms with Crippen LogP contribution < -0.4 is 0 Å². The number of benzene rings is 1. The maximum atomic E-state index is 13.1. The van der Waals surface area contributed by atoms with Crippen molar-refractivity contribution in [2.75, 3.05) is 13.1 Å². The highest BCUT2D eigenvalue weighted by Gasteiger charge is 2.34. The van der Waals surface area contributed by atoms with Crippen LogP contribution in [-0.2, 0) is 24.8 Å². The van der Waals surface area contributed by atoms with Gasteiger partial charge in [-0.2, -0.15) is 0 Å². The van der Waals surface area contributed by atoms with Crippen molar-refractivity contribution in [3.63, 3.8) is 0 Å². The average molecular weight is 382 g/mol. The van der Waals surface area contributed by atoms with E-state index in [1.807, 2.05) is 66.0 Å². The minimum atomic E-state index is -0.0625. The van der Waals surface area contributed by atoms with Gasteiger partial charge >= 0.3 is 0 Å². The number of aromatic nitrogens is 1. The number of nitrogens with zero attached hydrogens (tertiary/aromatic N) is 3. The van der Waals surface area contributed by atoms with Crippen molar-refractivity contribution in [2.45, 2.75) is 52.1 Å². The van der Waals surface area contributed by atoms with Gasteiger partial charge in [0.15, 0.2) is 0 Å². The van der Waals surface area contributed by atoms with Crippen molar-refractivity contribution in [1.82, 2.24) is 14.4 Å². The fourth-order valence-corrected chi connectivity index (χ4v) is 3.48. The zero-order valence-electron chi connectivity index (χ0n) is 17.2. The Hall–Kier alpha value is -2.56. The van der Waals surface area contributed by atoms with Gasteiger partial charge in [-0.1, -0.05) is 26.0 Å². The van der Waals surface area contributed by atoms with Gasteiger partial charge in [0, 0.05) is 37.1 Å². The van der Waals surface area contributed by atoms with Crippen LogP contribution in [0.2, 0.25) is 0 Å². The fraction of sp³-hybridized carbons (Fsp3) is 0.478. The Labute approximate surface area is 167 Å². The van der Waals surface area contributed by atoms with E-state index < -0.39 is 0 Å². The van der Waals surface area contributed by atoms with Gasteiger partial charge < -0.3 is 14.4 Å². The third-order valence-corrected chi connectivity index (χ3v) is 5.41. The molecule has 2 aromatic rings. The Morgan fingerprint density at radius 3 is 2.36 bits per heavy atom. The topological polar surface area (TPSA) is 45.6 Å². The lowest BCUT2D eigenvalue weighted by atomic mass is 10.1. The Morgan fingerprint density at radius 2 is 1.82 bits per heavy atom. The second-order valence-electron chi connectivity index (χ2n) is 7.64. The number of amides is 2. The number of hydrogen-bond acceptors (Lipinski definition) is 2. The molecule has 1 fully saturated rings. The zero-order chi connectivity index (χ0) is 20.1. The van der Waals surface area contributed by atoms with Gasteiger partial charge in [0.25, 0.3) is 5.91 Å². The number of carbonyl (C=O) groups excluding carboxylic acids is 2. The largest absolute Gasteiger partial charge is 0.353 e. The number of rotatable bonds is 9. The van der Waals surface area contributed by atoms with Gasteiger partial charge in [0.05, 0.1) is 6.54 Å². The molecule has 28 heavy (non-hydrogen) atoms. The quantitative estimate of drug-likeness (QED) is 0.666. The minimum absolute atomic E-state index is 0.0377. The smallest absolute Gasteiger partial charge is 0.254 e. The molecule has 0 atom stereocenters. The molecule has 150 valence electrons. The highest BCUT2D eigenvalue weighted by molar-refractivity contribution is 5.96. The fourth-order valence-electron chi connectivity index (χ4n) is 3.48. The summed E-state index contributed by atoms with van der Waals surface area (Å²) in [5.41, 5.74) is 2.97. The molecule has 0 bridgehead atoms. The maximum Gasteiger partial charge on any atom is 0.254 e. The zero-order valence-corrected chi connectivity index (χ0v) is 17.2. The third-order valence-electron chi connectivity index (χ3n) is 5.41. The highest BCUT2D eigenvalue weighted by atomic mass is 16.2. The van der Waals surface area contributed by atoms with Crippen LogP contribution in [-0.4, -0.2) is 45.3 Å². The summed E-state index contributed by atoms with van der Waals surface area (Å²) in [6, 6.07) is 12.1. The van der Waals surface area contributed by atoms with E-state index in [0.29, 0.717) is 24.7 Å². The summed E-state index contributed by atoms with van der Waals surface area (Å²) in [4.78, 5) is 29.8. The van der Waals surface area contributed by atoms with Crippen LogP contribution >= 0.6 is 0 Å². The summed E-state index contributed by atoms with van der Waals surface area (Å²) >= 11 is 0. The first-order valence-corrected chi connectivity index (χ1v) is 10.3. The Balaban J connectivity index is 1.71. The minimum Gasteiger partial charge on any atom is -0.353 e. The summed E-state index contributed by atoms with van der Waals surface area (Å²) in [6.07, 6.45) is 5.87. The summed E-state index contributed by atoms with van der Waals surface area (Å²) in [5.74, 6) is -0.0249. The molecule has 0 N–H and O–H groups in total. The molecule has 1 aromatic heterocycles. The molecule has 0 saturated heterocycles. The summed E-state index contributed by atoms with van der Waals surface area (Å²) < 4.78 is 2.05. The highest BCUT2D eigenvalue weighted by Crippen LogP contribution is 2.28. The molecule has 1 aliphatic carbocycles. The standard InChI is InChI=1S/C23H31N3O2/c1-4-14-25(23(28)19-10-8-18(5-2)9-11-19)17-22(27)26(20-12-13-20)16-21-7-6-15-24(21)3/h6-11,15,20H,4-5,12-14,16-17H2,1-3H3. The van der Waals surface area contributed by atoms with Crippen LogP contribution in [0.5, 0.6) is 0 Å². The average Bonchev–Trinajstić information content (AvgIpc) is 3.47. The molecule has 3 rings (SSSR count). The van der Waals surface area contributed by atoms with Crippen LogP contribution in [0, 0.1) is 0 Å². The monoisotopic (exact) mass is 381 g/mol. The summed E-state index contributed by atoms with van der Waals surface area (Å²) in [5, 5.41) is 0.